The molecule has 1 aromatic carbocycles. The van der Waals surface area contributed by atoms with Gasteiger partial charge < -0.3 is 5.32 Å². The van der Waals surface area contributed by atoms with Crippen LogP contribution >= 0.6 is 0 Å². The number of carbonyl (C=O) groups excluding carboxylic acids is 1. The Bertz CT molecular complexity index is 429. The molecule has 1 amide bonds. The van der Waals surface area contributed by atoms with Crippen LogP contribution in [0.25, 0.3) is 0 Å². The van der Waals surface area contributed by atoms with Crippen LogP contribution in [0, 0.1) is 0 Å². The van der Waals surface area contributed by atoms with Crippen molar-refractivity contribution in [3.05, 3.63) is 34.9 Å². The third-order valence-electron chi connectivity index (χ3n) is 3.47. The fraction of sp³-hybridized carbons (Fsp3) is 0.533. The molecule has 0 aliphatic carbocycles. The Morgan fingerprint density at radius 3 is 2.78 bits per heavy atom. The fourth-order valence-electron chi connectivity index (χ4n) is 2.37. The van der Waals surface area contributed by atoms with Crippen LogP contribution in [-0.2, 0) is 24.4 Å². The standard InChI is InChI=1S/C15H22N2O/c1-3-5-15(18)16-9-12-6-7-13-10-17(4-2)11-14(13)8-12/h6-8H,3-5,9-11H2,1-2H3,(H,16,18). The Hall–Kier alpha value is -1.35. The first-order valence-corrected chi connectivity index (χ1v) is 6.82. The highest BCUT2D eigenvalue weighted by atomic mass is 16.1. The largest absolute Gasteiger partial charge is 0.352 e. The summed E-state index contributed by atoms with van der Waals surface area (Å²) >= 11 is 0. The van der Waals surface area contributed by atoms with E-state index in [1.807, 2.05) is 6.92 Å². The number of fused-ring (bicyclic) bond motifs is 1. The van der Waals surface area contributed by atoms with Crippen molar-refractivity contribution in [3.63, 3.8) is 0 Å². The number of benzene rings is 1. The molecule has 1 aliphatic rings. The highest BCUT2D eigenvalue weighted by molar-refractivity contribution is 5.75. The number of carbonyl (C=O) groups is 1. The maximum absolute atomic E-state index is 11.4. The molecule has 2 rings (SSSR count). The molecule has 1 aromatic rings. The molecule has 0 radical (unpaired) electrons. The number of hydrogen-bond acceptors (Lipinski definition) is 2. The van der Waals surface area contributed by atoms with E-state index in [9.17, 15) is 4.79 Å². The second-order valence-electron chi connectivity index (χ2n) is 4.93. The van der Waals surface area contributed by atoms with Crippen molar-refractivity contribution in [1.29, 1.82) is 0 Å². The second-order valence-corrected chi connectivity index (χ2v) is 4.93. The van der Waals surface area contributed by atoms with E-state index in [1.165, 1.54) is 16.7 Å². The lowest BCUT2D eigenvalue weighted by molar-refractivity contribution is -0.121. The average Bonchev–Trinajstić information content (AvgIpc) is 2.78. The van der Waals surface area contributed by atoms with Crippen molar-refractivity contribution in [2.75, 3.05) is 6.54 Å². The number of nitrogens with zero attached hydrogens (tertiary/aromatic N) is 1. The number of amides is 1. The minimum absolute atomic E-state index is 0.146. The summed E-state index contributed by atoms with van der Waals surface area (Å²) in [6.45, 7) is 8.07. The molecule has 1 N–H and O–H groups in total. The third-order valence-corrected chi connectivity index (χ3v) is 3.47. The van der Waals surface area contributed by atoms with Gasteiger partial charge in [-0.2, -0.15) is 0 Å². The minimum atomic E-state index is 0.146. The Balaban J connectivity index is 1.94. The average molecular weight is 246 g/mol. The predicted octanol–water partition coefficient (Wildman–Crippen LogP) is 2.44. The molecule has 0 saturated heterocycles. The Kier molecular flexibility index (Phi) is 4.37. The van der Waals surface area contributed by atoms with Gasteiger partial charge in [-0.3, -0.25) is 9.69 Å². The smallest absolute Gasteiger partial charge is 0.220 e. The van der Waals surface area contributed by atoms with Gasteiger partial charge in [0.1, 0.15) is 0 Å². The molecule has 3 heteroatoms. The topological polar surface area (TPSA) is 32.3 Å². The number of rotatable bonds is 5. The van der Waals surface area contributed by atoms with E-state index < -0.39 is 0 Å². The summed E-state index contributed by atoms with van der Waals surface area (Å²) in [5, 5.41) is 2.96. The fourth-order valence-corrected chi connectivity index (χ4v) is 2.37. The van der Waals surface area contributed by atoms with Crippen LogP contribution in [-0.4, -0.2) is 17.4 Å². The van der Waals surface area contributed by atoms with Crippen molar-refractivity contribution in [1.82, 2.24) is 10.2 Å². The molecule has 0 aromatic heterocycles. The normalized spacial score (nSPS) is 14.6. The van der Waals surface area contributed by atoms with Crippen LogP contribution in [0.3, 0.4) is 0 Å². The minimum Gasteiger partial charge on any atom is -0.352 e. The van der Waals surface area contributed by atoms with Gasteiger partial charge in [-0.05, 0) is 29.7 Å². The number of nitrogens with one attached hydrogen (secondary N) is 1. The van der Waals surface area contributed by atoms with Crippen LogP contribution in [0.5, 0.6) is 0 Å². The molecule has 0 bridgehead atoms. The van der Waals surface area contributed by atoms with Gasteiger partial charge in [-0.25, -0.2) is 0 Å². The lowest BCUT2D eigenvalue weighted by Gasteiger charge is -2.09. The maximum Gasteiger partial charge on any atom is 0.220 e. The van der Waals surface area contributed by atoms with Gasteiger partial charge in [0.05, 0.1) is 0 Å². The summed E-state index contributed by atoms with van der Waals surface area (Å²) < 4.78 is 0. The van der Waals surface area contributed by atoms with Crippen molar-refractivity contribution in [2.45, 2.75) is 46.3 Å². The van der Waals surface area contributed by atoms with Crippen molar-refractivity contribution < 1.29 is 4.79 Å². The lowest BCUT2D eigenvalue weighted by Crippen LogP contribution is -2.22. The van der Waals surface area contributed by atoms with Gasteiger partial charge in [-0.1, -0.05) is 32.0 Å². The molecule has 3 nitrogen and oxygen atoms in total. The van der Waals surface area contributed by atoms with E-state index in [0.717, 1.165) is 26.1 Å². The summed E-state index contributed by atoms with van der Waals surface area (Å²) in [6.07, 6.45) is 1.52. The molecule has 0 unspecified atom stereocenters. The Morgan fingerprint density at radius 2 is 2.06 bits per heavy atom. The highest BCUT2D eigenvalue weighted by Gasteiger charge is 2.17. The van der Waals surface area contributed by atoms with Gasteiger partial charge in [-0.15, -0.1) is 0 Å². The molecule has 1 aliphatic heterocycles. The molecule has 18 heavy (non-hydrogen) atoms. The quantitative estimate of drug-likeness (QED) is 0.865. The molecular weight excluding hydrogens is 224 g/mol. The monoisotopic (exact) mass is 246 g/mol. The van der Waals surface area contributed by atoms with E-state index >= 15 is 0 Å². The molecule has 0 fully saturated rings. The molecular formula is C15H22N2O. The van der Waals surface area contributed by atoms with Gasteiger partial charge in [0.2, 0.25) is 5.91 Å². The molecule has 1 heterocycles. The SMILES string of the molecule is CCCC(=O)NCc1ccc2c(c1)CN(CC)C2. The van der Waals surface area contributed by atoms with Crippen LogP contribution in [0.15, 0.2) is 18.2 Å². The van der Waals surface area contributed by atoms with Crippen LogP contribution < -0.4 is 5.32 Å². The van der Waals surface area contributed by atoms with Crippen LogP contribution in [0.2, 0.25) is 0 Å². The van der Waals surface area contributed by atoms with Crippen LogP contribution in [0.4, 0.5) is 0 Å². The van der Waals surface area contributed by atoms with Crippen LogP contribution in [0.1, 0.15) is 43.4 Å². The molecule has 0 saturated carbocycles. The zero-order valence-electron chi connectivity index (χ0n) is 11.3. The van der Waals surface area contributed by atoms with Crippen molar-refractivity contribution in [2.24, 2.45) is 0 Å². The Morgan fingerprint density at radius 1 is 1.28 bits per heavy atom. The second kappa shape index (κ2) is 6.01. The highest BCUT2D eigenvalue weighted by Crippen LogP contribution is 2.23. The van der Waals surface area contributed by atoms with Gasteiger partial charge in [0.25, 0.3) is 0 Å². The first-order chi connectivity index (χ1) is 8.72. The first-order valence-electron chi connectivity index (χ1n) is 6.82. The zero-order valence-corrected chi connectivity index (χ0v) is 11.3. The van der Waals surface area contributed by atoms with Gasteiger partial charge in [0.15, 0.2) is 0 Å². The summed E-state index contributed by atoms with van der Waals surface area (Å²) in [5.74, 6) is 0.146. The van der Waals surface area contributed by atoms with E-state index in [0.29, 0.717) is 13.0 Å². The molecule has 0 spiro atoms. The van der Waals surface area contributed by atoms with Crippen molar-refractivity contribution >= 4 is 5.91 Å². The summed E-state index contributed by atoms with van der Waals surface area (Å²) in [5.41, 5.74) is 4.05. The van der Waals surface area contributed by atoms with E-state index in [4.69, 9.17) is 0 Å². The predicted molar refractivity (Wildman–Crippen MR) is 73.0 cm³/mol. The van der Waals surface area contributed by atoms with E-state index in [-0.39, 0.29) is 5.91 Å². The third kappa shape index (κ3) is 3.10. The van der Waals surface area contributed by atoms with E-state index in [1.54, 1.807) is 0 Å². The maximum atomic E-state index is 11.4. The molecule has 0 atom stereocenters. The van der Waals surface area contributed by atoms with Crippen molar-refractivity contribution in [3.8, 4) is 0 Å². The number of hydrogen-bond donors (Lipinski definition) is 1. The first kappa shape index (κ1) is 13.1. The Labute approximate surface area is 109 Å². The summed E-state index contributed by atoms with van der Waals surface area (Å²) in [7, 11) is 0. The summed E-state index contributed by atoms with van der Waals surface area (Å²) in [4.78, 5) is 13.8. The lowest BCUT2D eigenvalue weighted by atomic mass is 10.1. The van der Waals surface area contributed by atoms with Gasteiger partial charge in [0, 0.05) is 26.1 Å². The zero-order chi connectivity index (χ0) is 13.0. The summed E-state index contributed by atoms with van der Waals surface area (Å²) in [6, 6.07) is 6.56. The van der Waals surface area contributed by atoms with E-state index in [2.05, 4.69) is 35.3 Å². The van der Waals surface area contributed by atoms with Gasteiger partial charge >= 0.3 is 0 Å². The molecule has 98 valence electrons.